The van der Waals surface area contributed by atoms with Gasteiger partial charge in [-0.05, 0) is 26.0 Å². The molecule has 3 heterocycles. The molecule has 3 fully saturated rings. The number of carbonyl (C=O) groups is 8. The molecular formula is C38H47NO18. The second kappa shape index (κ2) is 15.3. The first-order valence-corrected chi connectivity index (χ1v) is 18.2. The van der Waals surface area contributed by atoms with E-state index in [1.807, 2.05) is 0 Å². The number of carbonyl (C=O) groups excluding carboxylic acids is 8. The van der Waals surface area contributed by atoms with Crippen LogP contribution in [0.3, 0.4) is 0 Å². The van der Waals surface area contributed by atoms with Crippen LogP contribution in [0.15, 0.2) is 18.3 Å². The van der Waals surface area contributed by atoms with E-state index in [-0.39, 0.29) is 11.3 Å². The van der Waals surface area contributed by atoms with Gasteiger partial charge in [-0.3, -0.25) is 38.5 Å². The zero-order valence-corrected chi connectivity index (χ0v) is 33.2. The van der Waals surface area contributed by atoms with E-state index in [4.69, 9.17) is 42.6 Å². The van der Waals surface area contributed by atoms with E-state index in [9.17, 15) is 43.5 Å². The molecule has 19 heteroatoms. The van der Waals surface area contributed by atoms with Crippen LogP contribution in [0.2, 0.25) is 0 Å². The molecule has 2 saturated carbocycles. The average Bonchev–Trinajstić information content (AvgIpc) is 3.32. The second-order valence-corrected chi connectivity index (χ2v) is 15.3. The predicted octanol–water partition coefficient (Wildman–Crippen LogP) is 1.03. The van der Waals surface area contributed by atoms with Crippen molar-refractivity contribution in [2.24, 2.45) is 17.3 Å². The van der Waals surface area contributed by atoms with Gasteiger partial charge in [0.2, 0.25) is 0 Å². The minimum absolute atomic E-state index is 0.0422. The Balaban J connectivity index is 2.01. The molecule has 1 spiro atoms. The van der Waals surface area contributed by atoms with Crippen LogP contribution in [0.4, 0.5) is 0 Å². The standard InChI is InChI=1S/C38H47NO18/c1-16-17(2)33(46)56-30-28(52-20(5)42)32(55-23(8)45)37(15-49-18(3)40)31(54-22(7)44)27(51-19(4)41)25-29(53-21(6)43)38(37,36(30,10)48)57-35(25,9)14-50-34(47)24-12-11-13-39-26(16)24/h11-13,16-17,25,27-32,48H,14-15H2,1-10H3/t16-,17-,25+,27+,28-,29+,30-,31+,32-,35-,36-,37+,38-/m0/s1. The zero-order chi connectivity index (χ0) is 42.6. The molecule has 13 atom stereocenters. The Kier molecular flexibility index (Phi) is 11.5. The van der Waals surface area contributed by atoms with E-state index in [1.54, 1.807) is 6.92 Å². The first-order valence-electron chi connectivity index (χ1n) is 18.2. The Labute approximate surface area is 327 Å². The maximum absolute atomic E-state index is 14.3. The van der Waals surface area contributed by atoms with Gasteiger partial charge in [0.1, 0.15) is 42.0 Å². The Morgan fingerprint density at radius 1 is 0.772 bits per heavy atom. The molecule has 0 amide bonds. The highest BCUT2D eigenvalue weighted by atomic mass is 16.7. The fourth-order valence-corrected chi connectivity index (χ4v) is 9.25. The monoisotopic (exact) mass is 805 g/mol. The van der Waals surface area contributed by atoms with E-state index in [0.717, 1.165) is 48.5 Å². The van der Waals surface area contributed by atoms with Gasteiger partial charge in [0.05, 0.1) is 23.1 Å². The molecule has 5 rings (SSSR count). The molecule has 19 nitrogen and oxygen atoms in total. The number of rotatable bonds is 7. The Morgan fingerprint density at radius 2 is 1.30 bits per heavy atom. The molecule has 0 aromatic carbocycles. The van der Waals surface area contributed by atoms with Gasteiger partial charge >= 0.3 is 47.8 Å². The number of cyclic esters (lactones) is 1. The van der Waals surface area contributed by atoms with Crippen LogP contribution < -0.4 is 0 Å². The van der Waals surface area contributed by atoms with Crippen LogP contribution in [-0.2, 0) is 76.2 Å². The van der Waals surface area contributed by atoms with Crippen LogP contribution in [0, 0.1) is 17.3 Å². The summed E-state index contributed by atoms with van der Waals surface area (Å²) in [7, 11) is 0. The predicted molar refractivity (Wildman–Crippen MR) is 185 cm³/mol. The topological polar surface area (TPSA) is 253 Å². The largest absolute Gasteiger partial charge is 0.465 e. The lowest BCUT2D eigenvalue weighted by Crippen LogP contribution is -2.89. The van der Waals surface area contributed by atoms with Crippen molar-refractivity contribution in [2.45, 2.75) is 129 Å². The minimum Gasteiger partial charge on any atom is -0.465 e. The normalized spacial score (nSPS) is 38.2. The molecule has 4 aliphatic rings. The maximum atomic E-state index is 14.3. The maximum Gasteiger partial charge on any atom is 0.340 e. The number of fused-ring (bicyclic) bond motifs is 5. The SMILES string of the molecule is CC(=O)OC[C@]12[C@H](OC(C)=O)[C@H](OC(C)=O)[C@@H]3[C@@H](OC(C)=O)[C@@]14O[C@@]3(C)COC(=O)c1cccnc1[C@@H](C)[C@H](C)C(=O)O[C@@H]([C@H](OC(C)=O)[C@@H]2OC(C)=O)[C@]4(C)O. The summed E-state index contributed by atoms with van der Waals surface area (Å²) < 4.78 is 54.3. The molecule has 2 aliphatic carbocycles. The summed E-state index contributed by atoms with van der Waals surface area (Å²) in [6, 6.07) is 2.89. The smallest absolute Gasteiger partial charge is 0.340 e. The minimum atomic E-state index is -2.82. The van der Waals surface area contributed by atoms with Crippen LogP contribution in [0.5, 0.6) is 0 Å². The molecule has 4 bridgehead atoms. The van der Waals surface area contributed by atoms with E-state index < -0.39 is 138 Å². The Bertz CT molecular complexity index is 1860. The van der Waals surface area contributed by atoms with E-state index in [0.29, 0.717) is 0 Å². The summed E-state index contributed by atoms with van der Waals surface area (Å²) in [5, 5.41) is 13.4. The molecule has 0 unspecified atom stereocenters. The highest BCUT2D eigenvalue weighted by Gasteiger charge is 2.92. The molecule has 312 valence electrons. The number of hydrogen-bond donors (Lipinski definition) is 1. The summed E-state index contributed by atoms with van der Waals surface area (Å²) in [6.07, 6.45) is -10.5. The fraction of sp³-hybridized carbons (Fsp3) is 0.658. The summed E-state index contributed by atoms with van der Waals surface area (Å²) in [5.41, 5.74) is -10.1. The van der Waals surface area contributed by atoms with Crippen LogP contribution in [0.1, 0.15) is 91.2 Å². The van der Waals surface area contributed by atoms with Crippen molar-refractivity contribution in [3.8, 4) is 0 Å². The lowest BCUT2D eigenvalue weighted by Gasteiger charge is -2.67. The van der Waals surface area contributed by atoms with Gasteiger partial charge < -0.3 is 47.7 Å². The molecule has 1 aromatic rings. The third-order valence-corrected chi connectivity index (χ3v) is 11.4. The number of aliphatic hydroxyl groups is 1. The fourth-order valence-electron chi connectivity index (χ4n) is 9.25. The van der Waals surface area contributed by atoms with Crippen LogP contribution in [0.25, 0.3) is 0 Å². The first-order chi connectivity index (χ1) is 26.5. The van der Waals surface area contributed by atoms with Gasteiger partial charge in [0.15, 0.2) is 30.0 Å². The quantitative estimate of drug-likeness (QED) is 0.298. The molecule has 0 radical (unpaired) electrons. The van der Waals surface area contributed by atoms with Gasteiger partial charge in [-0.25, -0.2) is 4.79 Å². The van der Waals surface area contributed by atoms with Gasteiger partial charge in [-0.15, -0.1) is 0 Å². The van der Waals surface area contributed by atoms with Gasteiger partial charge in [-0.2, -0.15) is 0 Å². The van der Waals surface area contributed by atoms with E-state index in [2.05, 4.69) is 4.98 Å². The summed E-state index contributed by atoms with van der Waals surface area (Å²) in [6.45, 7) is 9.67. The summed E-state index contributed by atoms with van der Waals surface area (Å²) >= 11 is 0. The zero-order valence-electron chi connectivity index (χ0n) is 33.2. The van der Waals surface area contributed by atoms with Crippen molar-refractivity contribution in [1.29, 1.82) is 0 Å². The van der Waals surface area contributed by atoms with Crippen molar-refractivity contribution in [3.05, 3.63) is 29.6 Å². The number of hydrogen-bond acceptors (Lipinski definition) is 19. The molecule has 1 N–H and O–H groups in total. The highest BCUT2D eigenvalue weighted by molar-refractivity contribution is 5.91. The van der Waals surface area contributed by atoms with Crippen LogP contribution >= 0.6 is 0 Å². The lowest BCUT2D eigenvalue weighted by molar-refractivity contribution is -0.387. The first kappa shape index (κ1) is 43.0. The van der Waals surface area contributed by atoms with E-state index >= 15 is 0 Å². The van der Waals surface area contributed by atoms with Crippen molar-refractivity contribution in [2.75, 3.05) is 13.2 Å². The second-order valence-electron chi connectivity index (χ2n) is 15.3. The number of nitrogens with zero attached hydrogens (tertiary/aromatic N) is 1. The molecule has 57 heavy (non-hydrogen) atoms. The van der Waals surface area contributed by atoms with Gasteiger partial charge in [-0.1, -0.05) is 13.8 Å². The lowest BCUT2D eigenvalue weighted by atomic mass is 9.45. The van der Waals surface area contributed by atoms with Crippen LogP contribution in [-0.4, -0.2) is 124 Å². The summed E-state index contributed by atoms with van der Waals surface area (Å²) in [4.78, 5) is 111. The third-order valence-electron chi connectivity index (χ3n) is 11.4. The summed E-state index contributed by atoms with van der Waals surface area (Å²) in [5.74, 6) is -11.6. The number of aromatic nitrogens is 1. The highest BCUT2D eigenvalue weighted by Crippen LogP contribution is 2.70. The molecule has 2 aliphatic heterocycles. The molecular weight excluding hydrogens is 758 g/mol. The number of pyridine rings is 1. The Hall–Kier alpha value is -5.17. The van der Waals surface area contributed by atoms with Crippen molar-refractivity contribution >= 4 is 47.8 Å². The number of ether oxygens (including phenoxy) is 9. The van der Waals surface area contributed by atoms with Crippen molar-refractivity contribution < 1.29 is 86.1 Å². The number of esters is 8. The average molecular weight is 806 g/mol. The molecule has 1 saturated heterocycles. The molecule has 1 aromatic heterocycles. The van der Waals surface area contributed by atoms with E-state index in [1.165, 1.54) is 32.2 Å². The van der Waals surface area contributed by atoms with Crippen molar-refractivity contribution in [3.63, 3.8) is 0 Å². The van der Waals surface area contributed by atoms with Gasteiger partial charge in [0.25, 0.3) is 0 Å². The van der Waals surface area contributed by atoms with Gasteiger partial charge in [0, 0.05) is 53.7 Å². The van der Waals surface area contributed by atoms with Crippen molar-refractivity contribution in [1.82, 2.24) is 4.98 Å². The Morgan fingerprint density at radius 3 is 1.84 bits per heavy atom. The third kappa shape index (κ3) is 6.97.